The van der Waals surface area contributed by atoms with Crippen LogP contribution in [0.2, 0.25) is 0 Å². The molecule has 5 heterocycles. The zero-order chi connectivity index (χ0) is 18.2. The van der Waals surface area contributed by atoms with Crippen LogP contribution >= 0.6 is 22.7 Å². The molecule has 1 saturated heterocycles. The molecule has 0 aliphatic carbocycles. The van der Waals surface area contributed by atoms with Gasteiger partial charge in [0.15, 0.2) is 0 Å². The van der Waals surface area contributed by atoms with E-state index >= 15 is 0 Å². The molecule has 0 bridgehead atoms. The highest BCUT2D eigenvalue weighted by atomic mass is 32.1. The molecular weight excluding hydrogens is 378 g/mol. The van der Waals surface area contributed by atoms with Gasteiger partial charge in [-0.05, 0) is 18.4 Å². The van der Waals surface area contributed by atoms with Crippen LogP contribution in [-0.2, 0) is 6.54 Å². The number of anilines is 1. The molecule has 4 aromatic heterocycles. The maximum atomic E-state index is 4.81. The number of piperazine rings is 1. The largest absolute Gasteiger partial charge is 0.354 e. The van der Waals surface area contributed by atoms with Crippen molar-refractivity contribution in [1.29, 1.82) is 0 Å². The molecule has 1 aliphatic rings. The summed E-state index contributed by atoms with van der Waals surface area (Å²) >= 11 is 3.48. The fourth-order valence-corrected chi connectivity index (χ4v) is 5.02. The van der Waals surface area contributed by atoms with Crippen molar-refractivity contribution < 1.29 is 0 Å². The Bertz CT molecular complexity index is 1040. The molecule has 138 valence electrons. The molecule has 0 atom stereocenters. The predicted octanol–water partition coefficient (Wildman–Crippen LogP) is 2.94. The standard InChI is InChI=1S/C18H19N7S2/c1-13-9-16(25-18(21-13)19-12-20-25)24-6-4-23(5-7-24)10-14-11-27-17(22-14)15-3-2-8-26-15/h2-3,8-9,11-12H,4-7,10H2,1H3. The summed E-state index contributed by atoms with van der Waals surface area (Å²) in [7, 11) is 0. The summed E-state index contributed by atoms with van der Waals surface area (Å²) in [6, 6.07) is 6.30. The Morgan fingerprint density at radius 3 is 2.81 bits per heavy atom. The van der Waals surface area contributed by atoms with Gasteiger partial charge in [-0.1, -0.05) is 6.07 Å². The fourth-order valence-electron chi connectivity index (χ4n) is 3.39. The van der Waals surface area contributed by atoms with Gasteiger partial charge in [-0.25, -0.2) is 9.97 Å². The highest BCUT2D eigenvalue weighted by Gasteiger charge is 2.21. The van der Waals surface area contributed by atoms with Crippen molar-refractivity contribution in [2.75, 3.05) is 31.1 Å². The average Bonchev–Trinajstić information content (AvgIpc) is 3.43. The van der Waals surface area contributed by atoms with E-state index in [0.717, 1.165) is 54.9 Å². The summed E-state index contributed by atoms with van der Waals surface area (Å²) in [4.78, 5) is 19.6. The summed E-state index contributed by atoms with van der Waals surface area (Å²) in [5, 5.41) is 9.74. The third-order valence-electron chi connectivity index (χ3n) is 4.73. The van der Waals surface area contributed by atoms with E-state index in [1.807, 2.05) is 11.4 Å². The van der Waals surface area contributed by atoms with E-state index in [1.54, 1.807) is 29.0 Å². The van der Waals surface area contributed by atoms with Gasteiger partial charge in [-0.15, -0.1) is 22.7 Å². The van der Waals surface area contributed by atoms with Crippen molar-refractivity contribution in [3.8, 4) is 9.88 Å². The van der Waals surface area contributed by atoms with Crippen LogP contribution in [-0.4, -0.2) is 55.6 Å². The first-order valence-electron chi connectivity index (χ1n) is 8.89. The van der Waals surface area contributed by atoms with Crippen LogP contribution in [0.5, 0.6) is 0 Å². The van der Waals surface area contributed by atoms with Gasteiger partial charge in [0.1, 0.15) is 17.2 Å². The lowest BCUT2D eigenvalue weighted by Gasteiger charge is -2.35. The Morgan fingerprint density at radius 2 is 2.00 bits per heavy atom. The maximum absolute atomic E-state index is 4.81. The van der Waals surface area contributed by atoms with Gasteiger partial charge in [-0.3, -0.25) is 4.90 Å². The van der Waals surface area contributed by atoms with E-state index in [2.05, 4.69) is 53.8 Å². The molecule has 0 aromatic carbocycles. The second-order valence-electron chi connectivity index (χ2n) is 6.61. The van der Waals surface area contributed by atoms with Crippen LogP contribution in [0.25, 0.3) is 15.7 Å². The van der Waals surface area contributed by atoms with Crippen molar-refractivity contribution in [2.24, 2.45) is 0 Å². The third-order valence-corrected chi connectivity index (χ3v) is 6.66. The number of thiazole rings is 1. The number of fused-ring (bicyclic) bond motifs is 1. The first-order valence-corrected chi connectivity index (χ1v) is 10.7. The van der Waals surface area contributed by atoms with Gasteiger partial charge >= 0.3 is 0 Å². The first-order chi connectivity index (χ1) is 13.3. The molecule has 0 radical (unpaired) electrons. The lowest BCUT2D eigenvalue weighted by atomic mass is 10.3. The molecule has 1 aliphatic heterocycles. The molecule has 4 aromatic rings. The Morgan fingerprint density at radius 1 is 1.11 bits per heavy atom. The molecule has 0 amide bonds. The lowest BCUT2D eigenvalue weighted by Crippen LogP contribution is -2.46. The van der Waals surface area contributed by atoms with Crippen molar-refractivity contribution in [3.63, 3.8) is 0 Å². The van der Waals surface area contributed by atoms with Crippen molar-refractivity contribution in [2.45, 2.75) is 13.5 Å². The van der Waals surface area contributed by atoms with Crippen LogP contribution in [0.3, 0.4) is 0 Å². The van der Waals surface area contributed by atoms with Crippen molar-refractivity contribution in [1.82, 2.24) is 29.5 Å². The topological polar surface area (TPSA) is 62.5 Å². The zero-order valence-corrected chi connectivity index (χ0v) is 16.6. The Labute approximate surface area is 164 Å². The van der Waals surface area contributed by atoms with E-state index < -0.39 is 0 Å². The Kier molecular flexibility index (Phi) is 4.35. The quantitative estimate of drug-likeness (QED) is 0.528. The monoisotopic (exact) mass is 397 g/mol. The Balaban J connectivity index is 1.26. The van der Waals surface area contributed by atoms with Crippen LogP contribution < -0.4 is 4.90 Å². The molecule has 0 spiro atoms. The van der Waals surface area contributed by atoms with E-state index in [0.29, 0.717) is 5.78 Å². The normalized spacial score (nSPS) is 15.7. The van der Waals surface area contributed by atoms with E-state index in [1.165, 1.54) is 4.88 Å². The fraction of sp³-hybridized carbons (Fsp3) is 0.333. The van der Waals surface area contributed by atoms with Crippen LogP contribution in [0.15, 0.2) is 35.3 Å². The summed E-state index contributed by atoms with van der Waals surface area (Å²) in [5.74, 6) is 1.74. The molecule has 0 saturated carbocycles. The summed E-state index contributed by atoms with van der Waals surface area (Å²) < 4.78 is 1.83. The third kappa shape index (κ3) is 3.33. The number of thiophene rings is 1. The highest BCUT2D eigenvalue weighted by Crippen LogP contribution is 2.28. The average molecular weight is 398 g/mol. The second kappa shape index (κ2) is 6.99. The smallest absolute Gasteiger partial charge is 0.254 e. The van der Waals surface area contributed by atoms with Crippen molar-refractivity contribution >= 4 is 34.3 Å². The minimum absolute atomic E-state index is 0.663. The number of nitrogens with zero attached hydrogens (tertiary/aromatic N) is 7. The molecule has 1 fully saturated rings. The SMILES string of the molecule is Cc1cc(N2CCN(Cc3csc(-c4cccs4)n3)CC2)n2ncnc2n1. The van der Waals surface area contributed by atoms with E-state index in [-0.39, 0.29) is 0 Å². The number of hydrogen-bond donors (Lipinski definition) is 0. The maximum Gasteiger partial charge on any atom is 0.254 e. The van der Waals surface area contributed by atoms with Gasteiger partial charge in [0.25, 0.3) is 5.78 Å². The van der Waals surface area contributed by atoms with Gasteiger partial charge in [-0.2, -0.15) is 14.6 Å². The summed E-state index contributed by atoms with van der Waals surface area (Å²) in [6.07, 6.45) is 1.56. The zero-order valence-electron chi connectivity index (χ0n) is 14.9. The van der Waals surface area contributed by atoms with E-state index in [9.17, 15) is 0 Å². The highest BCUT2D eigenvalue weighted by molar-refractivity contribution is 7.20. The number of rotatable bonds is 4. The van der Waals surface area contributed by atoms with Crippen LogP contribution in [0.4, 0.5) is 5.82 Å². The number of aryl methyl sites for hydroxylation is 1. The minimum Gasteiger partial charge on any atom is -0.354 e. The molecule has 7 nitrogen and oxygen atoms in total. The predicted molar refractivity (Wildman–Crippen MR) is 108 cm³/mol. The van der Waals surface area contributed by atoms with Gasteiger partial charge in [0, 0.05) is 49.9 Å². The van der Waals surface area contributed by atoms with E-state index in [4.69, 9.17) is 4.98 Å². The van der Waals surface area contributed by atoms with Crippen LogP contribution in [0, 0.1) is 6.92 Å². The molecular formula is C18H19N7S2. The van der Waals surface area contributed by atoms with Gasteiger partial charge < -0.3 is 4.90 Å². The number of hydrogen-bond acceptors (Lipinski definition) is 8. The summed E-state index contributed by atoms with van der Waals surface area (Å²) in [6.45, 7) is 6.83. The molecule has 9 heteroatoms. The van der Waals surface area contributed by atoms with Gasteiger partial charge in [0.05, 0.1) is 10.6 Å². The molecule has 5 rings (SSSR count). The minimum atomic E-state index is 0.663. The summed E-state index contributed by atoms with van der Waals surface area (Å²) in [5.41, 5.74) is 2.13. The van der Waals surface area contributed by atoms with Crippen LogP contribution in [0.1, 0.15) is 11.4 Å². The molecule has 0 N–H and O–H groups in total. The second-order valence-corrected chi connectivity index (χ2v) is 8.42. The number of aromatic nitrogens is 5. The first kappa shape index (κ1) is 16.8. The van der Waals surface area contributed by atoms with Gasteiger partial charge in [0.2, 0.25) is 0 Å². The Hall–Kier alpha value is -2.36. The van der Waals surface area contributed by atoms with Crippen molar-refractivity contribution in [3.05, 3.63) is 46.7 Å². The lowest BCUT2D eigenvalue weighted by molar-refractivity contribution is 0.246. The molecule has 27 heavy (non-hydrogen) atoms. The molecule has 0 unspecified atom stereocenters.